The zero-order valence-electron chi connectivity index (χ0n) is 15.3. The van der Waals surface area contributed by atoms with E-state index in [9.17, 15) is 4.79 Å². The van der Waals surface area contributed by atoms with E-state index < -0.39 is 0 Å². The maximum Gasteiger partial charge on any atom is 0.228 e. The number of anilines is 1. The third-order valence-electron chi connectivity index (χ3n) is 4.86. The van der Waals surface area contributed by atoms with Crippen molar-refractivity contribution < 1.29 is 4.79 Å². The Morgan fingerprint density at radius 1 is 1.19 bits per heavy atom. The summed E-state index contributed by atoms with van der Waals surface area (Å²) in [5.74, 6) is 0.249. The van der Waals surface area contributed by atoms with Gasteiger partial charge in [0.25, 0.3) is 0 Å². The van der Waals surface area contributed by atoms with Crippen LogP contribution >= 0.6 is 37.2 Å². The second kappa shape index (κ2) is 12.8. The molecule has 1 aromatic rings. The van der Waals surface area contributed by atoms with E-state index in [2.05, 4.69) is 39.6 Å². The fraction of sp³-hybridized carbons (Fsp3) is 0.611. The van der Waals surface area contributed by atoms with E-state index >= 15 is 0 Å². The highest BCUT2D eigenvalue weighted by Crippen LogP contribution is 2.17. The Kier molecular flexibility index (Phi) is 12.5. The van der Waals surface area contributed by atoms with E-state index in [0.717, 1.165) is 64.3 Å². The molecule has 0 aromatic heterocycles. The van der Waals surface area contributed by atoms with Gasteiger partial charge in [0.05, 0.1) is 5.92 Å². The van der Waals surface area contributed by atoms with Crippen molar-refractivity contribution in [1.29, 1.82) is 0 Å². The highest BCUT2D eigenvalue weighted by atomic mass is 35.5. The van der Waals surface area contributed by atoms with Crippen LogP contribution in [0.3, 0.4) is 0 Å². The molecule has 0 spiro atoms. The summed E-state index contributed by atoms with van der Waals surface area (Å²) in [4.78, 5) is 17.2. The summed E-state index contributed by atoms with van der Waals surface area (Å²) in [6.45, 7) is 7.28. The third kappa shape index (κ3) is 7.59. The standard InChI is InChI=1S/C18H28N4O.3ClH/c1-21-8-10-22(11-9-21)14-15-4-2-6-17(12-15)20-18(23)16-5-3-7-19-13-16;;;/h2,4,6,12,16,19H,3,5,7-11,13-14H2,1H3,(H,20,23);3*1H. The molecule has 5 nitrogen and oxygen atoms in total. The number of hydrogen-bond acceptors (Lipinski definition) is 4. The molecule has 2 heterocycles. The number of halogens is 3. The molecule has 2 saturated heterocycles. The highest BCUT2D eigenvalue weighted by Gasteiger charge is 2.21. The Bertz CT molecular complexity index is 533. The molecule has 0 bridgehead atoms. The Hall–Kier alpha value is -0.560. The minimum Gasteiger partial charge on any atom is -0.326 e. The fourth-order valence-electron chi connectivity index (χ4n) is 3.33. The number of piperazine rings is 1. The number of amides is 1. The van der Waals surface area contributed by atoms with Gasteiger partial charge < -0.3 is 15.5 Å². The quantitative estimate of drug-likeness (QED) is 0.778. The van der Waals surface area contributed by atoms with Gasteiger partial charge in [0.2, 0.25) is 5.91 Å². The van der Waals surface area contributed by atoms with Crippen LogP contribution in [0.1, 0.15) is 18.4 Å². The minimum absolute atomic E-state index is 0. The number of likely N-dealkylation sites (N-methyl/N-ethyl adjacent to an activating group) is 1. The Morgan fingerprint density at radius 3 is 2.58 bits per heavy atom. The van der Waals surface area contributed by atoms with Crippen LogP contribution in [-0.4, -0.2) is 62.0 Å². The van der Waals surface area contributed by atoms with Crippen LogP contribution in [0.5, 0.6) is 0 Å². The largest absolute Gasteiger partial charge is 0.326 e. The number of hydrogen-bond donors (Lipinski definition) is 2. The second-order valence-electron chi connectivity index (χ2n) is 6.81. The fourth-order valence-corrected chi connectivity index (χ4v) is 3.33. The first-order valence-electron chi connectivity index (χ1n) is 8.72. The van der Waals surface area contributed by atoms with E-state index in [1.165, 1.54) is 5.56 Å². The van der Waals surface area contributed by atoms with Crippen molar-refractivity contribution in [3.63, 3.8) is 0 Å². The van der Waals surface area contributed by atoms with Crippen LogP contribution in [0.15, 0.2) is 24.3 Å². The van der Waals surface area contributed by atoms with Gasteiger partial charge >= 0.3 is 0 Å². The Labute approximate surface area is 175 Å². The number of piperidine rings is 1. The number of nitrogens with zero attached hydrogens (tertiary/aromatic N) is 2. The molecule has 26 heavy (non-hydrogen) atoms. The number of benzene rings is 1. The van der Waals surface area contributed by atoms with Crippen molar-refractivity contribution in [2.75, 3.05) is 51.6 Å². The van der Waals surface area contributed by atoms with Gasteiger partial charge in [-0.05, 0) is 44.1 Å². The monoisotopic (exact) mass is 424 g/mol. The summed E-state index contributed by atoms with van der Waals surface area (Å²) in [5.41, 5.74) is 2.20. The first-order valence-corrected chi connectivity index (χ1v) is 8.72. The van der Waals surface area contributed by atoms with Crippen molar-refractivity contribution in [3.05, 3.63) is 29.8 Å². The Balaban J connectivity index is 0.00000208. The van der Waals surface area contributed by atoms with E-state index in [1.807, 2.05) is 12.1 Å². The van der Waals surface area contributed by atoms with Crippen molar-refractivity contribution in [1.82, 2.24) is 15.1 Å². The molecule has 2 fully saturated rings. The van der Waals surface area contributed by atoms with Gasteiger partial charge in [-0.2, -0.15) is 0 Å². The number of rotatable bonds is 4. The first kappa shape index (κ1) is 25.4. The molecule has 1 unspecified atom stereocenters. The van der Waals surface area contributed by atoms with Gasteiger partial charge in [0.1, 0.15) is 0 Å². The molecule has 3 rings (SSSR count). The van der Waals surface area contributed by atoms with Crippen molar-refractivity contribution >= 4 is 48.8 Å². The molecule has 8 heteroatoms. The third-order valence-corrected chi connectivity index (χ3v) is 4.86. The minimum atomic E-state index is 0. The topological polar surface area (TPSA) is 47.6 Å². The van der Waals surface area contributed by atoms with Crippen LogP contribution in [0.4, 0.5) is 5.69 Å². The van der Waals surface area contributed by atoms with Gasteiger partial charge in [-0.1, -0.05) is 12.1 Å². The predicted octanol–water partition coefficient (Wildman–Crippen LogP) is 2.64. The van der Waals surface area contributed by atoms with E-state index in [1.54, 1.807) is 0 Å². The van der Waals surface area contributed by atoms with Gasteiger partial charge in [-0.25, -0.2) is 0 Å². The van der Waals surface area contributed by atoms with Gasteiger partial charge in [0, 0.05) is 45.0 Å². The highest BCUT2D eigenvalue weighted by molar-refractivity contribution is 5.92. The van der Waals surface area contributed by atoms with Crippen LogP contribution in [0.25, 0.3) is 0 Å². The molecule has 1 aromatic carbocycles. The lowest BCUT2D eigenvalue weighted by atomic mass is 9.98. The first-order chi connectivity index (χ1) is 11.2. The van der Waals surface area contributed by atoms with Crippen LogP contribution in [0.2, 0.25) is 0 Å². The summed E-state index contributed by atoms with van der Waals surface area (Å²) in [7, 11) is 2.17. The van der Waals surface area contributed by atoms with Crippen LogP contribution in [0, 0.1) is 5.92 Å². The zero-order valence-corrected chi connectivity index (χ0v) is 17.7. The molecule has 150 valence electrons. The number of carbonyl (C=O) groups is 1. The van der Waals surface area contributed by atoms with Crippen LogP contribution < -0.4 is 10.6 Å². The number of nitrogens with one attached hydrogen (secondary N) is 2. The summed E-state index contributed by atoms with van der Waals surface area (Å²) >= 11 is 0. The second-order valence-corrected chi connectivity index (χ2v) is 6.81. The molecule has 1 atom stereocenters. The maximum atomic E-state index is 12.3. The summed E-state index contributed by atoms with van der Waals surface area (Å²) in [6, 6.07) is 8.30. The molecule has 0 saturated carbocycles. The Morgan fingerprint density at radius 2 is 1.92 bits per heavy atom. The summed E-state index contributed by atoms with van der Waals surface area (Å²) in [5, 5.41) is 6.39. The van der Waals surface area contributed by atoms with Crippen molar-refractivity contribution in [2.24, 2.45) is 5.92 Å². The molecule has 0 aliphatic carbocycles. The van der Waals surface area contributed by atoms with Gasteiger partial charge in [0.15, 0.2) is 0 Å². The summed E-state index contributed by atoms with van der Waals surface area (Å²) < 4.78 is 0. The van der Waals surface area contributed by atoms with E-state index in [-0.39, 0.29) is 49.0 Å². The molecular formula is C18H31Cl3N4O. The van der Waals surface area contributed by atoms with E-state index in [4.69, 9.17) is 0 Å². The average molecular weight is 426 g/mol. The predicted molar refractivity (Wildman–Crippen MR) is 115 cm³/mol. The normalized spacial score (nSPS) is 20.9. The molecule has 0 radical (unpaired) electrons. The molecule has 2 aliphatic heterocycles. The molecule has 1 amide bonds. The lowest BCUT2D eigenvalue weighted by molar-refractivity contribution is -0.120. The number of carbonyl (C=O) groups excluding carboxylic acids is 1. The SMILES string of the molecule is CN1CCN(Cc2cccc(NC(=O)C3CCCNC3)c2)CC1.Cl.Cl.Cl. The van der Waals surface area contributed by atoms with Crippen molar-refractivity contribution in [2.45, 2.75) is 19.4 Å². The average Bonchev–Trinajstić information content (AvgIpc) is 2.58. The van der Waals surface area contributed by atoms with Crippen LogP contribution in [-0.2, 0) is 11.3 Å². The van der Waals surface area contributed by atoms with Gasteiger partial charge in [-0.3, -0.25) is 9.69 Å². The zero-order chi connectivity index (χ0) is 16.1. The maximum absolute atomic E-state index is 12.3. The lowest BCUT2D eigenvalue weighted by Gasteiger charge is -2.32. The molecule has 2 N–H and O–H groups in total. The van der Waals surface area contributed by atoms with E-state index in [0.29, 0.717) is 0 Å². The molecule has 2 aliphatic rings. The molecular weight excluding hydrogens is 395 g/mol. The van der Waals surface area contributed by atoms with Gasteiger partial charge in [-0.15, -0.1) is 37.2 Å². The van der Waals surface area contributed by atoms with Crippen molar-refractivity contribution in [3.8, 4) is 0 Å². The lowest BCUT2D eigenvalue weighted by Crippen LogP contribution is -2.43. The smallest absolute Gasteiger partial charge is 0.228 e. The summed E-state index contributed by atoms with van der Waals surface area (Å²) in [6.07, 6.45) is 2.07.